The average molecular weight is 212 g/mol. The third kappa shape index (κ3) is 3.33. The molecule has 1 rings (SSSR count). The maximum absolute atomic E-state index is 11.1. The quantitative estimate of drug-likeness (QED) is 0.428. The lowest BCUT2D eigenvalue weighted by Crippen LogP contribution is -2.14. The Morgan fingerprint density at radius 3 is 3.07 bits per heavy atom. The summed E-state index contributed by atoms with van der Waals surface area (Å²) in [5.74, 6) is 0.371. The summed E-state index contributed by atoms with van der Waals surface area (Å²) in [4.78, 5) is 18.9. The van der Waals surface area contributed by atoms with Gasteiger partial charge in [0.2, 0.25) is 0 Å². The molecule has 0 spiro atoms. The van der Waals surface area contributed by atoms with Gasteiger partial charge in [0.1, 0.15) is 6.33 Å². The van der Waals surface area contributed by atoms with E-state index in [1.807, 2.05) is 13.0 Å². The monoisotopic (exact) mass is 212 g/mol. The summed E-state index contributed by atoms with van der Waals surface area (Å²) in [6.45, 7) is 1.83. The predicted octanol–water partition coefficient (Wildman–Crippen LogP) is 1.38. The Labute approximate surface area is 87.1 Å². The Balaban J connectivity index is 2.38. The largest absolute Gasteiger partial charge is 0.469 e. The fraction of sp³-hybridized carbons (Fsp3) is 0.444. The summed E-state index contributed by atoms with van der Waals surface area (Å²) in [5.41, 5.74) is 0. The highest BCUT2D eigenvalue weighted by molar-refractivity contribution is 7.99. The zero-order chi connectivity index (χ0) is 10.4. The molecule has 0 N–H and O–H groups in total. The van der Waals surface area contributed by atoms with Gasteiger partial charge < -0.3 is 4.74 Å². The smallest absolute Gasteiger partial charge is 0.309 e. The molecule has 0 amide bonds. The van der Waals surface area contributed by atoms with Crippen LogP contribution in [0.4, 0.5) is 0 Å². The van der Waals surface area contributed by atoms with Crippen molar-refractivity contribution in [2.75, 3.05) is 12.9 Å². The second-order valence-electron chi connectivity index (χ2n) is 2.78. The van der Waals surface area contributed by atoms with E-state index in [9.17, 15) is 4.79 Å². The van der Waals surface area contributed by atoms with Crippen molar-refractivity contribution in [1.82, 2.24) is 9.97 Å². The highest BCUT2D eigenvalue weighted by Gasteiger charge is 2.13. The first kappa shape index (κ1) is 11.0. The average Bonchev–Trinajstić information content (AvgIpc) is 2.26. The van der Waals surface area contributed by atoms with Crippen LogP contribution >= 0.6 is 11.8 Å². The molecule has 1 heterocycles. The molecule has 0 aliphatic carbocycles. The highest BCUT2D eigenvalue weighted by atomic mass is 32.2. The Morgan fingerprint density at radius 1 is 1.71 bits per heavy atom. The second kappa shape index (κ2) is 5.59. The first-order valence-electron chi connectivity index (χ1n) is 4.20. The number of thioether (sulfide) groups is 1. The number of nitrogens with zero attached hydrogens (tertiary/aromatic N) is 2. The van der Waals surface area contributed by atoms with Gasteiger partial charge in [0.05, 0.1) is 18.1 Å². The summed E-state index contributed by atoms with van der Waals surface area (Å²) in [6, 6.07) is 1.81. The fourth-order valence-electron chi connectivity index (χ4n) is 0.844. The number of esters is 1. The molecular weight excluding hydrogens is 200 g/mol. The highest BCUT2D eigenvalue weighted by Crippen LogP contribution is 2.17. The number of ether oxygens (including phenoxy) is 1. The Bertz CT molecular complexity index is 292. The molecule has 0 saturated carbocycles. The molecule has 5 heteroatoms. The van der Waals surface area contributed by atoms with Crippen LogP contribution in [-0.2, 0) is 9.53 Å². The zero-order valence-corrected chi connectivity index (χ0v) is 8.95. The first-order chi connectivity index (χ1) is 6.74. The lowest BCUT2D eigenvalue weighted by atomic mass is 10.2. The maximum Gasteiger partial charge on any atom is 0.309 e. The maximum atomic E-state index is 11.1. The van der Waals surface area contributed by atoms with Crippen LogP contribution in [0.15, 0.2) is 23.6 Å². The van der Waals surface area contributed by atoms with Gasteiger partial charge in [0, 0.05) is 11.9 Å². The molecule has 0 fully saturated rings. The van der Waals surface area contributed by atoms with E-state index in [1.54, 1.807) is 6.20 Å². The Hall–Kier alpha value is -1.10. The predicted molar refractivity (Wildman–Crippen MR) is 53.9 cm³/mol. The lowest BCUT2D eigenvalue weighted by Gasteiger charge is -2.07. The number of aromatic nitrogens is 2. The van der Waals surface area contributed by atoms with Gasteiger partial charge in [-0.15, -0.1) is 11.8 Å². The van der Waals surface area contributed by atoms with Crippen LogP contribution in [0, 0.1) is 5.92 Å². The molecule has 0 bridgehead atoms. The van der Waals surface area contributed by atoms with Crippen LogP contribution < -0.4 is 0 Å². The van der Waals surface area contributed by atoms with E-state index >= 15 is 0 Å². The van der Waals surface area contributed by atoms with Crippen molar-refractivity contribution >= 4 is 17.7 Å². The van der Waals surface area contributed by atoms with E-state index in [1.165, 1.54) is 25.2 Å². The molecule has 1 unspecified atom stereocenters. The Morgan fingerprint density at radius 2 is 2.50 bits per heavy atom. The number of carbonyl (C=O) groups is 1. The molecule has 1 aromatic heterocycles. The lowest BCUT2D eigenvalue weighted by molar-refractivity contribution is -0.143. The molecule has 1 aromatic rings. The fourth-order valence-corrected chi connectivity index (χ4v) is 1.68. The van der Waals surface area contributed by atoms with Crippen LogP contribution in [0.5, 0.6) is 0 Å². The van der Waals surface area contributed by atoms with E-state index in [0.29, 0.717) is 5.75 Å². The molecule has 14 heavy (non-hydrogen) atoms. The standard InChI is InChI=1S/C9H12N2O2S/c1-7(9(12)13-2)5-14-8-3-4-10-6-11-8/h3-4,6-7H,5H2,1-2H3. The van der Waals surface area contributed by atoms with Gasteiger partial charge in [-0.25, -0.2) is 9.97 Å². The number of methoxy groups -OCH3 is 1. The van der Waals surface area contributed by atoms with Crippen LogP contribution in [0.2, 0.25) is 0 Å². The van der Waals surface area contributed by atoms with Crippen LogP contribution in [0.1, 0.15) is 6.92 Å². The minimum atomic E-state index is -0.188. The molecule has 0 saturated heterocycles. The van der Waals surface area contributed by atoms with E-state index in [4.69, 9.17) is 0 Å². The van der Waals surface area contributed by atoms with Gasteiger partial charge in [-0.1, -0.05) is 6.92 Å². The summed E-state index contributed by atoms with van der Waals surface area (Å²) >= 11 is 1.52. The zero-order valence-electron chi connectivity index (χ0n) is 8.14. The van der Waals surface area contributed by atoms with Crippen molar-refractivity contribution in [3.8, 4) is 0 Å². The second-order valence-corrected chi connectivity index (χ2v) is 3.82. The molecule has 0 aliphatic heterocycles. The van der Waals surface area contributed by atoms with E-state index < -0.39 is 0 Å². The summed E-state index contributed by atoms with van der Waals surface area (Å²) < 4.78 is 4.62. The Kier molecular flexibility index (Phi) is 4.39. The van der Waals surface area contributed by atoms with Gasteiger partial charge in [-0.05, 0) is 6.07 Å². The normalized spacial score (nSPS) is 12.1. The van der Waals surface area contributed by atoms with Crippen LogP contribution in [0.3, 0.4) is 0 Å². The molecule has 0 radical (unpaired) electrons. The minimum Gasteiger partial charge on any atom is -0.469 e. The van der Waals surface area contributed by atoms with Crippen LogP contribution in [0.25, 0.3) is 0 Å². The van der Waals surface area contributed by atoms with Crippen molar-refractivity contribution < 1.29 is 9.53 Å². The minimum absolute atomic E-state index is 0.111. The topological polar surface area (TPSA) is 52.1 Å². The van der Waals surface area contributed by atoms with E-state index in [0.717, 1.165) is 5.03 Å². The third-order valence-electron chi connectivity index (χ3n) is 1.64. The SMILES string of the molecule is COC(=O)C(C)CSc1ccncn1. The van der Waals surface area contributed by atoms with Crippen molar-refractivity contribution in [2.24, 2.45) is 5.92 Å². The summed E-state index contributed by atoms with van der Waals surface area (Å²) in [6.07, 6.45) is 3.17. The summed E-state index contributed by atoms with van der Waals surface area (Å²) in [7, 11) is 1.40. The van der Waals surface area contributed by atoms with Gasteiger partial charge in [-0.2, -0.15) is 0 Å². The molecule has 76 valence electrons. The van der Waals surface area contributed by atoms with Crippen molar-refractivity contribution in [3.05, 3.63) is 18.6 Å². The van der Waals surface area contributed by atoms with Gasteiger partial charge in [0.15, 0.2) is 0 Å². The van der Waals surface area contributed by atoms with Crippen LogP contribution in [-0.4, -0.2) is 28.8 Å². The number of hydrogen-bond acceptors (Lipinski definition) is 5. The van der Waals surface area contributed by atoms with Crippen molar-refractivity contribution in [1.29, 1.82) is 0 Å². The molecule has 0 aliphatic rings. The number of rotatable bonds is 4. The molecular formula is C9H12N2O2S. The van der Waals surface area contributed by atoms with E-state index in [2.05, 4.69) is 14.7 Å². The first-order valence-corrected chi connectivity index (χ1v) is 5.19. The van der Waals surface area contributed by atoms with Crippen molar-refractivity contribution in [3.63, 3.8) is 0 Å². The molecule has 0 aromatic carbocycles. The number of hydrogen-bond donors (Lipinski definition) is 0. The van der Waals surface area contributed by atoms with Gasteiger partial charge in [-0.3, -0.25) is 4.79 Å². The van der Waals surface area contributed by atoms with Crippen molar-refractivity contribution in [2.45, 2.75) is 11.9 Å². The molecule has 4 nitrogen and oxygen atoms in total. The summed E-state index contributed by atoms with van der Waals surface area (Å²) in [5, 5.41) is 0.871. The van der Waals surface area contributed by atoms with Gasteiger partial charge >= 0.3 is 5.97 Å². The third-order valence-corrected chi connectivity index (χ3v) is 2.84. The van der Waals surface area contributed by atoms with E-state index in [-0.39, 0.29) is 11.9 Å². The van der Waals surface area contributed by atoms with Gasteiger partial charge in [0.25, 0.3) is 0 Å². The number of carbonyl (C=O) groups excluding carboxylic acids is 1. The molecule has 1 atom stereocenters.